The number of fused-ring (bicyclic) bond motifs is 1. The minimum atomic E-state index is -0.417. The van der Waals surface area contributed by atoms with Gasteiger partial charge in [-0.05, 0) is 16.7 Å². The number of ether oxygens (including phenoxy) is 1. The zero-order chi connectivity index (χ0) is 10.1. The molecule has 1 heterocycles. The molecule has 0 unspecified atom stereocenters. The van der Waals surface area contributed by atoms with Gasteiger partial charge in [0.25, 0.3) is 0 Å². The van der Waals surface area contributed by atoms with Crippen LogP contribution in [0.15, 0.2) is 48.1 Å². The Morgan fingerprint density at radius 3 is 3.07 bits per heavy atom. The molecule has 1 aliphatic heterocycles. The van der Waals surface area contributed by atoms with E-state index in [1.165, 1.54) is 0 Å². The molecule has 0 saturated heterocycles. The average molecular weight is 190 g/mol. The highest BCUT2D eigenvalue weighted by molar-refractivity contribution is 5.46. The lowest BCUT2D eigenvalue weighted by atomic mass is 9.83. The summed E-state index contributed by atoms with van der Waals surface area (Å²) in [5.74, 6) is 0. The number of hydrogen-bond donors (Lipinski definition) is 1. The van der Waals surface area contributed by atoms with Crippen molar-refractivity contribution < 1.29 is 9.84 Å². The third-order valence-electron chi connectivity index (χ3n) is 2.73. The highest BCUT2D eigenvalue weighted by atomic mass is 16.5. The lowest BCUT2D eigenvalue weighted by Crippen LogP contribution is -2.29. The Morgan fingerprint density at radius 2 is 2.36 bits per heavy atom. The van der Waals surface area contributed by atoms with Gasteiger partial charge in [-0.25, -0.2) is 0 Å². The van der Waals surface area contributed by atoms with E-state index in [4.69, 9.17) is 4.74 Å². The summed E-state index contributed by atoms with van der Waals surface area (Å²) < 4.78 is 5.49. The number of hydrogen-bond acceptors (Lipinski definition) is 2. The van der Waals surface area contributed by atoms with Gasteiger partial charge in [0.15, 0.2) is 0 Å². The predicted molar refractivity (Wildman–Crippen MR) is 55.9 cm³/mol. The molecular formula is C12H14O2. The molecular weight excluding hydrogens is 176 g/mol. The first kappa shape index (κ1) is 9.44. The van der Waals surface area contributed by atoms with E-state index in [1.54, 1.807) is 6.08 Å². The Balaban J connectivity index is 2.31. The molecule has 14 heavy (non-hydrogen) atoms. The average Bonchev–Trinajstić information content (AvgIpc) is 2.63. The van der Waals surface area contributed by atoms with Gasteiger partial charge in [0.2, 0.25) is 0 Å². The van der Waals surface area contributed by atoms with Gasteiger partial charge in [-0.3, -0.25) is 0 Å². The lowest BCUT2D eigenvalue weighted by Gasteiger charge is -2.29. The molecule has 0 aromatic carbocycles. The molecule has 2 nitrogen and oxygen atoms in total. The molecule has 1 fully saturated rings. The molecule has 1 saturated carbocycles. The van der Waals surface area contributed by atoms with Crippen molar-refractivity contribution in [1.82, 2.24) is 0 Å². The van der Waals surface area contributed by atoms with E-state index < -0.39 is 6.10 Å². The molecule has 2 heteroatoms. The first-order valence-electron chi connectivity index (χ1n) is 4.74. The van der Waals surface area contributed by atoms with Crippen LogP contribution < -0.4 is 0 Å². The van der Waals surface area contributed by atoms with E-state index in [1.807, 2.05) is 12.2 Å². The number of allylic oxidation sites excluding steroid dienone is 2. The third-order valence-corrected chi connectivity index (χ3v) is 2.73. The van der Waals surface area contributed by atoms with Crippen molar-refractivity contribution >= 4 is 0 Å². The molecule has 1 aliphatic carbocycles. The minimum absolute atomic E-state index is 0.107. The molecule has 0 radical (unpaired) electrons. The first-order chi connectivity index (χ1) is 6.74. The van der Waals surface area contributed by atoms with Gasteiger partial charge in [-0.15, -0.1) is 0 Å². The second kappa shape index (κ2) is 3.56. The summed E-state index contributed by atoms with van der Waals surface area (Å²) in [7, 11) is 0. The Morgan fingerprint density at radius 1 is 1.57 bits per heavy atom. The maximum absolute atomic E-state index is 9.83. The van der Waals surface area contributed by atoms with E-state index in [2.05, 4.69) is 13.2 Å². The normalized spacial score (nSPS) is 34.2. The van der Waals surface area contributed by atoms with Gasteiger partial charge in [-0.2, -0.15) is 0 Å². The summed E-state index contributed by atoms with van der Waals surface area (Å²) in [4.78, 5) is 0. The molecule has 0 bridgehead atoms. The molecule has 74 valence electrons. The van der Waals surface area contributed by atoms with Crippen LogP contribution in [0.3, 0.4) is 0 Å². The van der Waals surface area contributed by atoms with Crippen molar-refractivity contribution in [1.29, 1.82) is 0 Å². The summed E-state index contributed by atoms with van der Waals surface area (Å²) >= 11 is 0. The van der Waals surface area contributed by atoms with Gasteiger partial charge in [0.05, 0.1) is 12.7 Å². The minimum Gasteiger partial charge on any atom is -0.388 e. The maximum Gasteiger partial charge on any atom is 0.106 e. The van der Waals surface area contributed by atoms with E-state index >= 15 is 0 Å². The highest BCUT2D eigenvalue weighted by Gasteiger charge is 2.34. The van der Waals surface area contributed by atoms with Crippen LogP contribution in [0.5, 0.6) is 0 Å². The van der Waals surface area contributed by atoms with Gasteiger partial charge in [0, 0.05) is 6.42 Å². The Labute approximate surface area is 83.9 Å². The number of aliphatic hydroxyl groups excluding tert-OH is 1. The van der Waals surface area contributed by atoms with Crippen LogP contribution >= 0.6 is 0 Å². The fourth-order valence-corrected chi connectivity index (χ4v) is 2.00. The van der Waals surface area contributed by atoms with E-state index in [0.717, 1.165) is 16.7 Å². The highest BCUT2D eigenvalue weighted by Crippen LogP contribution is 2.36. The van der Waals surface area contributed by atoms with E-state index in [0.29, 0.717) is 13.0 Å². The smallest absolute Gasteiger partial charge is 0.106 e. The molecule has 1 N–H and O–H groups in total. The van der Waals surface area contributed by atoms with Crippen LogP contribution in [0, 0.1) is 0 Å². The van der Waals surface area contributed by atoms with Gasteiger partial charge >= 0.3 is 0 Å². The Bertz CT molecular complexity index is 336. The summed E-state index contributed by atoms with van der Waals surface area (Å²) in [6.45, 7) is 8.22. The second-order valence-corrected chi connectivity index (χ2v) is 3.59. The summed E-state index contributed by atoms with van der Waals surface area (Å²) in [5, 5.41) is 9.83. The molecule has 0 spiro atoms. The van der Waals surface area contributed by atoms with Gasteiger partial charge < -0.3 is 9.84 Å². The van der Waals surface area contributed by atoms with Crippen molar-refractivity contribution in [2.45, 2.75) is 18.6 Å². The van der Waals surface area contributed by atoms with Crippen molar-refractivity contribution in [3.63, 3.8) is 0 Å². The Kier molecular flexibility index (Phi) is 2.40. The zero-order valence-corrected chi connectivity index (χ0v) is 8.07. The summed E-state index contributed by atoms with van der Waals surface area (Å²) in [5.41, 5.74) is 2.96. The standard InChI is InChI=1S/C12H14O2/c1-3-4-9-7-11(13)10-5-6-14-12(10)8(9)2/h3-5,11-13H,1-2,6-7H2/b9-4+/t11-,12-/m1/s1. The summed E-state index contributed by atoms with van der Waals surface area (Å²) in [6, 6.07) is 0. The van der Waals surface area contributed by atoms with Crippen molar-refractivity contribution in [3.05, 3.63) is 48.1 Å². The van der Waals surface area contributed by atoms with Crippen molar-refractivity contribution in [2.24, 2.45) is 0 Å². The zero-order valence-electron chi connectivity index (χ0n) is 8.07. The molecule has 0 aromatic heterocycles. The SMILES string of the molecule is C=C/C=C1\C[C@@H](O)C2=CCO[C@@H]2C1=C. The molecule has 0 amide bonds. The van der Waals surface area contributed by atoms with E-state index in [9.17, 15) is 5.11 Å². The van der Waals surface area contributed by atoms with E-state index in [-0.39, 0.29) is 6.10 Å². The monoisotopic (exact) mass is 190 g/mol. The van der Waals surface area contributed by atoms with Crippen LogP contribution in [0.2, 0.25) is 0 Å². The Hall–Kier alpha value is -1.12. The van der Waals surface area contributed by atoms with Crippen LogP contribution in [-0.2, 0) is 4.74 Å². The van der Waals surface area contributed by atoms with Crippen LogP contribution in [0.1, 0.15) is 6.42 Å². The third kappa shape index (κ3) is 1.37. The molecule has 0 aromatic rings. The number of aliphatic hydroxyl groups is 1. The fraction of sp³-hybridized carbons (Fsp3) is 0.333. The van der Waals surface area contributed by atoms with Gasteiger partial charge in [0.1, 0.15) is 6.10 Å². The lowest BCUT2D eigenvalue weighted by molar-refractivity contribution is 0.112. The van der Waals surface area contributed by atoms with Crippen molar-refractivity contribution in [2.75, 3.05) is 6.61 Å². The topological polar surface area (TPSA) is 29.5 Å². The van der Waals surface area contributed by atoms with Gasteiger partial charge in [-0.1, -0.05) is 31.4 Å². The first-order valence-corrected chi connectivity index (χ1v) is 4.74. The quantitative estimate of drug-likeness (QED) is 0.638. The molecule has 2 aliphatic rings. The maximum atomic E-state index is 9.83. The largest absolute Gasteiger partial charge is 0.388 e. The second-order valence-electron chi connectivity index (χ2n) is 3.59. The van der Waals surface area contributed by atoms with Crippen LogP contribution in [0.25, 0.3) is 0 Å². The van der Waals surface area contributed by atoms with Crippen molar-refractivity contribution in [3.8, 4) is 0 Å². The molecule has 2 atom stereocenters. The predicted octanol–water partition coefficient (Wildman–Crippen LogP) is 1.74. The van der Waals surface area contributed by atoms with Crippen LogP contribution in [-0.4, -0.2) is 23.9 Å². The van der Waals surface area contributed by atoms with Crippen LogP contribution in [0.4, 0.5) is 0 Å². The fourth-order valence-electron chi connectivity index (χ4n) is 2.00. The molecule has 2 rings (SSSR count). The number of rotatable bonds is 1. The summed E-state index contributed by atoms with van der Waals surface area (Å²) in [6.07, 6.45) is 5.66.